The van der Waals surface area contributed by atoms with Gasteiger partial charge in [0, 0.05) is 0 Å². The van der Waals surface area contributed by atoms with E-state index in [4.69, 9.17) is 20.7 Å². The van der Waals surface area contributed by atoms with Crippen LogP contribution in [-0.4, -0.2) is 51.8 Å². The second kappa shape index (κ2) is 6.07. The van der Waals surface area contributed by atoms with Crippen LogP contribution in [0.5, 0.6) is 0 Å². The van der Waals surface area contributed by atoms with Crippen molar-refractivity contribution in [1.29, 1.82) is 0 Å². The predicted molar refractivity (Wildman–Crippen MR) is 47.9 cm³/mol. The highest BCUT2D eigenvalue weighted by Crippen LogP contribution is 2.31. The number of hydrazine groups is 1. The zero-order chi connectivity index (χ0) is 11.2. The molecule has 0 rings (SSSR count). The summed E-state index contributed by atoms with van der Waals surface area (Å²) in [6.45, 7) is -0.557. The van der Waals surface area contributed by atoms with E-state index in [9.17, 15) is 9.36 Å². The van der Waals surface area contributed by atoms with Crippen LogP contribution in [0.3, 0.4) is 0 Å². The fraction of sp³-hybridized carbons (Fsp3) is 0.800. The summed E-state index contributed by atoms with van der Waals surface area (Å²) in [5.41, 5.74) is 0. The number of amides is 1. The Morgan fingerprint density at radius 2 is 2.07 bits per heavy atom. The Morgan fingerprint density at radius 1 is 1.50 bits per heavy atom. The molecule has 1 amide bonds. The normalized spacial score (nSPS) is 11.4. The summed E-state index contributed by atoms with van der Waals surface area (Å²) in [5.74, 6) is 4.62. The van der Waals surface area contributed by atoms with E-state index in [0.717, 1.165) is 5.01 Å². The first kappa shape index (κ1) is 13.5. The highest BCUT2D eigenvalue weighted by atomic mass is 31.2. The first-order valence-corrected chi connectivity index (χ1v) is 5.58. The van der Waals surface area contributed by atoms with Crippen molar-refractivity contribution < 1.29 is 24.3 Å². The molecule has 0 atom stereocenters. The van der Waals surface area contributed by atoms with Gasteiger partial charge in [0.1, 0.15) is 0 Å². The predicted octanol–water partition coefficient (Wildman–Crippen LogP) is -2.59. The molecule has 0 aromatic carbocycles. The molecule has 0 unspecified atom stereocenters. The van der Waals surface area contributed by atoms with Gasteiger partial charge in [-0.2, -0.15) is 0 Å². The third kappa shape index (κ3) is 6.96. The Kier molecular flexibility index (Phi) is 5.86. The second-order valence-electron chi connectivity index (χ2n) is 2.56. The molecule has 0 aliphatic rings. The number of nitrogens with one attached hydrogen (secondary N) is 1. The maximum atomic E-state index is 11.0. The first-order chi connectivity index (χ1) is 6.37. The summed E-state index contributed by atoms with van der Waals surface area (Å²) in [5, 5.41) is 11.4. The van der Waals surface area contributed by atoms with Crippen LogP contribution in [0.2, 0.25) is 0 Å². The lowest BCUT2D eigenvalue weighted by molar-refractivity contribution is -0.130. The van der Waals surface area contributed by atoms with Crippen LogP contribution in [0.1, 0.15) is 0 Å². The molecular weight excluding hydrogens is 213 g/mol. The molecule has 0 saturated carbocycles. The highest BCUT2D eigenvalue weighted by Gasteiger charge is 2.14. The van der Waals surface area contributed by atoms with Crippen molar-refractivity contribution in [3.63, 3.8) is 0 Å². The number of hydrogen-bond donors (Lipinski definition) is 5. The fourth-order valence-electron chi connectivity index (χ4n) is 0.642. The number of nitrogens with two attached hydrogens (primary N) is 1. The number of aliphatic hydroxyl groups is 1. The molecule has 0 aromatic rings. The molecule has 0 fully saturated rings. The van der Waals surface area contributed by atoms with Crippen LogP contribution in [0, 0.1) is 0 Å². The van der Waals surface area contributed by atoms with E-state index >= 15 is 0 Å². The van der Waals surface area contributed by atoms with E-state index in [-0.39, 0.29) is 19.7 Å². The third-order valence-corrected chi connectivity index (χ3v) is 1.89. The van der Waals surface area contributed by atoms with Gasteiger partial charge >= 0.3 is 7.60 Å². The highest BCUT2D eigenvalue weighted by molar-refractivity contribution is 7.51. The lowest BCUT2D eigenvalue weighted by atomic mass is 10.5. The van der Waals surface area contributed by atoms with Gasteiger partial charge in [0.05, 0.1) is 26.0 Å². The number of carbonyl (C=O) groups excluding carboxylic acids is 1. The number of hydrogen-bond acceptors (Lipinski definition) is 5. The van der Waals surface area contributed by atoms with Gasteiger partial charge in [-0.25, -0.2) is 5.84 Å². The standard InChI is InChI=1S/C5H14N3O5P/c6-8(1-2-9)5(10)3-7-4-14(11,12)13/h7,9H,1-4,6H2,(H2,11,12,13). The van der Waals surface area contributed by atoms with E-state index in [1.807, 2.05) is 0 Å². The third-order valence-electron chi connectivity index (χ3n) is 1.26. The molecule has 0 heterocycles. The molecule has 0 bridgehead atoms. The van der Waals surface area contributed by atoms with Crippen LogP contribution in [0.4, 0.5) is 0 Å². The summed E-state index contributed by atoms with van der Waals surface area (Å²) in [6, 6.07) is 0. The van der Waals surface area contributed by atoms with Crippen molar-refractivity contribution in [2.24, 2.45) is 5.84 Å². The van der Waals surface area contributed by atoms with E-state index in [2.05, 4.69) is 5.32 Å². The summed E-state index contributed by atoms with van der Waals surface area (Å²) >= 11 is 0. The molecule has 8 nitrogen and oxygen atoms in total. The number of rotatable bonds is 6. The van der Waals surface area contributed by atoms with Crippen LogP contribution in [0.15, 0.2) is 0 Å². The van der Waals surface area contributed by atoms with Crippen molar-refractivity contribution in [1.82, 2.24) is 10.3 Å². The van der Waals surface area contributed by atoms with E-state index in [0.29, 0.717) is 0 Å². The Labute approximate surface area is 80.8 Å². The first-order valence-electron chi connectivity index (χ1n) is 3.78. The van der Waals surface area contributed by atoms with E-state index in [1.54, 1.807) is 0 Å². The van der Waals surface area contributed by atoms with Gasteiger partial charge in [-0.3, -0.25) is 19.7 Å². The number of aliphatic hydroxyl groups excluding tert-OH is 1. The van der Waals surface area contributed by atoms with Crippen LogP contribution >= 0.6 is 7.60 Å². The molecule has 14 heavy (non-hydrogen) atoms. The van der Waals surface area contributed by atoms with Gasteiger partial charge < -0.3 is 14.9 Å². The van der Waals surface area contributed by atoms with Crippen molar-refractivity contribution in [2.75, 3.05) is 26.0 Å². The Balaban J connectivity index is 3.69. The molecule has 0 aliphatic carbocycles. The lowest BCUT2D eigenvalue weighted by Gasteiger charge is -2.15. The van der Waals surface area contributed by atoms with Crippen LogP contribution < -0.4 is 11.2 Å². The van der Waals surface area contributed by atoms with Crippen LogP contribution in [0.25, 0.3) is 0 Å². The molecular formula is C5H14N3O5P. The SMILES string of the molecule is NN(CCO)C(=O)CNCP(=O)(O)O. The second-order valence-corrected chi connectivity index (χ2v) is 4.21. The summed E-state index contributed by atoms with van der Waals surface area (Å²) in [4.78, 5) is 27.8. The number of carbonyl (C=O) groups is 1. The van der Waals surface area contributed by atoms with Crippen molar-refractivity contribution in [3.8, 4) is 0 Å². The number of nitrogens with zero attached hydrogens (tertiary/aromatic N) is 1. The van der Waals surface area contributed by atoms with Gasteiger partial charge in [-0.15, -0.1) is 0 Å². The molecule has 84 valence electrons. The molecule has 0 spiro atoms. The van der Waals surface area contributed by atoms with Crippen molar-refractivity contribution >= 4 is 13.5 Å². The Bertz CT molecular complexity index is 229. The topological polar surface area (TPSA) is 136 Å². The molecule has 0 saturated heterocycles. The Hall–Kier alpha value is -0.500. The minimum absolute atomic E-state index is 0.0174. The maximum Gasteiger partial charge on any atom is 0.339 e. The summed E-state index contributed by atoms with van der Waals surface area (Å²) < 4.78 is 10.3. The van der Waals surface area contributed by atoms with Gasteiger partial charge in [-0.1, -0.05) is 0 Å². The van der Waals surface area contributed by atoms with Crippen molar-refractivity contribution in [2.45, 2.75) is 0 Å². The molecule has 0 radical (unpaired) electrons. The van der Waals surface area contributed by atoms with E-state index in [1.165, 1.54) is 0 Å². The fourth-order valence-corrected chi connectivity index (χ4v) is 1.05. The molecule has 0 aliphatic heterocycles. The monoisotopic (exact) mass is 227 g/mol. The maximum absolute atomic E-state index is 11.0. The smallest absolute Gasteiger partial charge is 0.339 e. The average Bonchev–Trinajstić information content (AvgIpc) is 2.02. The minimum Gasteiger partial charge on any atom is -0.394 e. The zero-order valence-electron chi connectivity index (χ0n) is 7.46. The molecule has 0 aromatic heterocycles. The minimum atomic E-state index is -4.14. The van der Waals surface area contributed by atoms with Gasteiger partial charge in [0.15, 0.2) is 0 Å². The van der Waals surface area contributed by atoms with Crippen molar-refractivity contribution in [3.05, 3.63) is 0 Å². The lowest BCUT2D eigenvalue weighted by Crippen LogP contribution is -2.44. The van der Waals surface area contributed by atoms with E-state index < -0.39 is 19.8 Å². The summed E-state index contributed by atoms with van der Waals surface area (Å²) in [7, 11) is -4.14. The Morgan fingerprint density at radius 3 is 2.50 bits per heavy atom. The quantitative estimate of drug-likeness (QED) is 0.145. The zero-order valence-corrected chi connectivity index (χ0v) is 8.35. The molecule has 6 N–H and O–H groups in total. The van der Waals surface area contributed by atoms with Crippen LogP contribution in [-0.2, 0) is 9.36 Å². The van der Waals surface area contributed by atoms with Gasteiger partial charge in [-0.05, 0) is 0 Å². The largest absolute Gasteiger partial charge is 0.394 e. The van der Waals surface area contributed by atoms with Gasteiger partial charge in [0.25, 0.3) is 5.91 Å². The molecule has 9 heteroatoms. The van der Waals surface area contributed by atoms with Gasteiger partial charge in [0.2, 0.25) is 0 Å². The summed E-state index contributed by atoms with van der Waals surface area (Å²) in [6.07, 6.45) is -0.578. The average molecular weight is 227 g/mol.